The SMILES string of the molecule is CNc1cc(-c2ccc(SC)cc2)[nH]n1. The van der Waals surface area contributed by atoms with Crippen molar-refractivity contribution in [2.24, 2.45) is 0 Å². The molecule has 0 saturated carbocycles. The average molecular weight is 219 g/mol. The Hall–Kier alpha value is -1.42. The molecule has 0 radical (unpaired) electrons. The van der Waals surface area contributed by atoms with Crippen molar-refractivity contribution in [3.05, 3.63) is 30.3 Å². The highest BCUT2D eigenvalue weighted by molar-refractivity contribution is 7.98. The third-order valence-electron chi connectivity index (χ3n) is 2.24. The van der Waals surface area contributed by atoms with Crippen LogP contribution in [0, 0.1) is 0 Å². The molecule has 0 unspecified atom stereocenters. The summed E-state index contributed by atoms with van der Waals surface area (Å²) in [5, 5.41) is 10.1. The number of nitrogens with one attached hydrogen (secondary N) is 2. The van der Waals surface area contributed by atoms with E-state index in [1.165, 1.54) is 4.90 Å². The van der Waals surface area contributed by atoms with Crippen molar-refractivity contribution < 1.29 is 0 Å². The van der Waals surface area contributed by atoms with Crippen LogP contribution < -0.4 is 5.32 Å². The largest absolute Gasteiger partial charge is 0.372 e. The Morgan fingerprint density at radius 2 is 2.00 bits per heavy atom. The zero-order valence-corrected chi connectivity index (χ0v) is 9.56. The van der Waals surface area contributed by atoms with E-state index in [2.05, 4.69) is 46.0 Å². The second-order valence-electron chi connectivity index (χ2n) is 3.15. The van der Waals surface area contributed by atoms with Crippen molar-refractivity contribution in [1.29, 1.82) is 0 Å². The molecule has 1 aromatic heterocycles. The van der Waals surface area contributed by atoms with E-state index in [4.69, 9.17) is 0 Å². The van der Waals surface area contributed by atoms with E-state index in [1.54, 1.807) is 11.8 Å². The number of aromatic nitrogens is 2. The quantitative estimate of drug-likeness (QED) is 0.780. The van der Waals surface area contributed by atoms with Gasteiger partial charge in [-0.2, -0.15) is 5.10 Å². The van der Waals surface area contributed by atoms with E-state index in [9.17, 15) is 0 Å². The van der Waals surface area contributed by atoms with E-state index < -0.39 is 0 Å². The first-order valence-corrected chi connectivity index (χ1v) is 5.93. The monoisotopic (exact) mass is 219 g/mol. The predicted molar refractivity (Wildman–Crippen MR) is 65.4 cm³/mol. The second kappa shape index (κ2) is 4.40. The summed E-state index contributed by atoms with van der Waals surface area (Å²) >= 11 is 1.74. The van der Waals surface area contributed by atoms with Crippen LogP contribution in [0.2, 0.25) is 0 Å². The van der Waals surface area contributed by atoms with Gasteiger partial charge in [0.1, 0.15) is 5.82 Å². The summed E-state index contributed by atoms with van der Waals surface area (Å²) in [6.07, 6.45) is 2.07. The maximum atomic E-state index is 4.11. The highest BCUT2D eigenvalue weighted by Gasteiger charge is 2.01. The molecule has 2 N–H and O–H groups in total. The lowest BCUT2D eigenvalue weighted by atomic mass is 10.1. The molecule has 0 aliphatic carbocycles. The molecule has 1 heterocycles. The van der Waals surface area contributed by atoms with Crippen molar-refractivity contribution >= 4 is 17.6 Å². The predicted octanol–water partition coefficient (Wildman–Crippen LogP) is 2.84. The molecule has 1 aromatic carbocycles. The third-order valence-corrected chi connectivity index (χ3v) is 2.98. The van der Waals surface area contributed by atoms with Crippen molar-refractivity contribution in [3.63, 3.8) is 0 Å². The lowest BCUT2D eigenvalue weighted by molar-refractivity contribution is 1.09. The third kappa shape index (κ3) is 2.15. The number of thioether (sulfide) groups is 1. The Bertz CT molecular complexity index is 433. The number of nitrogens with zero attached hydrogens (tertiary/aromatic N) is 1. The van der Waals surface area contributed by atoms with Crippen LogP contribution >= 0.6 is 11.8 Å². The highest BCUT2D eigenvalue weighted by Crippen LogP contribution is 2.22. The molecule has 2 aromatic rings. The molecule has 0 saturated heterocycles. The first-order valence-electron chi connectivity index (χ1n) is 4.71. The Morgan fingerprint density at radius 1 is 1.27 bits per heavy atom. The normalized spacial score (nSPS) is 10.3. The maximum Gasteiger partial charge on any atom is 0.148 e. The lowest BCUT2D eigenvalue weighted by Gasteiger charge is -1.98. The molecular weight excluding hydrogens is 206 g/mol. The van der Waals surface area contributed by atoms with Gasteiger partial charge in [-0.1, -0.05) is 12.1 Å². The van der Waals surface area contributed by atoms with E-state index >= 15 is 0 Å². The van der Waals surface area contributed by atoms with Crippen LogP contribution in [-0.2, 0) is 0 Å². The van der Waals surface area contributed by atoms with Gasteiger partial charge in [-0.25, -0.2) is 0 Å². The van der Waals surface area contributed by atoms with Gasteiger partial charge >= 0.3 is 0 Å². The molecule has 15 heavy (non-hydrogen) atoms. The Labute approximate surface area is 93.3 Å². The van der Waals surface area contributed by atoms with Gasteiger partial charge in [0.25, 0.3) is 0 Å². The molecule has 3 nitrogen and oxygen atoms in total. The van der Waals surface area contributed by atoms with Gasteiger partial charge in [0.2, 0.25) is 0 Å². The smallest absolute Gasteiger partial charge is 0.148 e. The Balaban J connectivity index is 2.28. The second-order valence-corrected chi connectivity index (χ2v) is 4.03. The minimum atomic E-state index is 0.860. The summed E-state index contributed by atoms with van der Waals surface area (Å²) in [4.78, 5) is 1.27. The van der Waals surface area contributed by atoms with Crippen molar-refractivity contribution in [2.75, 3.05) is 18.6 Å². The van der Waals surface area contributed by atoms with Crippen molar-refractivity contribution in [3.8, 4) is 11.3 Å². The number of H-pyrrole nitrogens is 1. The van der Waals surface area contributed by atoms with Crippen LogP contribution in [0.1, 0.15) is 0 Å². The average Bonchev–Trinajstić information content (AvgIpc) is 2.78. The number of rotatable bonds is 3. The number of benzene rings is 1. The molecule has 0 aliphatic rings. The fourth-order valence-electron chi connectivity index (χ4n) is 1.37. The fraction of sp³-hybridized carbons (Fsp3) is 0.182. The molecule has 0 aliphatic heterocycles. The summed E-state index contributed by atoms with van der Waals surface area (Å²) in [7, 11) is 1.86. The number of hydrogen-bond acceptors (Lipinski definition) is 3. The van der Waals surface area contributed by atoms with Gasteiger partial charge < -0.3 is 5.32 Å². The number of hydrogen-bond donors (Lipinski definition) is 2. The molecule has 0 atom stereocenters. The number of aromatic amines is 1. The van der Waals surface area contributed by atoms with Crippen LogP contribution in [0.3, 0.4) is 0 Å². The van der Waals surface area contributed by atoms with E-state index in [-0.39, 0.29) is 0 Å². The summed E-state index contributed by atoms with van der Waals surface area (Å²) in [5.41, 5.74) is 2.19. The van der Waals surface area contributed by atoms with Gasteiger partial charge in [-0.3, -0.25) is 5.10 Å². The van der Waals surface area contributed by atoms with Crippen LogP contribution in [0.25, 0.3) is 11.3 Å². The zero-order valence-electron chi connectivity index (χ0n) is 8.74. The van der Waals surface area contributed by atoms with Gasteiger partial charge in [-0.15, -0.1) is 11.8 Å². The molecule has 0 amide bonds. The minimum absolute atomic E-state index is 0.860. The standard InChI is InChI=1S/C11H13N3S/c1-12-11-7-10(13-14-11)8-3-5-9(15-2)6-4-8/h3-7H,1-2H3,(H2,12,13,14). The van der Waals surface area contributed by atoms with E-state index in [0.717, 1.165) is 17.1 Å². The van der Waals surface area contributed by atoms with Crippen LogP contribution in [0.15, 0.2) is 35.2 Å². The topological polar surface area (TPSA) is 40.7 Å². The van der Waals surface area contributed by atoms with E-state index in [0.29, 0.717) is 0 Å². The first kappa shape index (κ1) is 10.1. The Morgan fingerprint density at radius 3 is 2.53 bits per heavy atom. The van der Waals surface area contributed by atoms with Crippen molar-refractivity contribution in [1.82, 2.24) is 10.2 Å². The van der Waals surface area contributed by atoms with Crippen molar-refractivity contribution in [2.45, 2.75) is 4.90 Å². The molecule has 4 heteroatoms. The molecular formula is C11H13N3S. The fourth-order valence-corrected chi connectivity index (χ4v) is 1.78. The van der Waals surface area contributed by atoms with Gasteiger partial charge in [-0.05, 0) is 24.0 Å². The molecule has 2 rings (SSSR count). The number of anilines is 1. The molecule has 78 valence electrons. The van der Waals surface area contributed by atoms with E-state index in [1.807, 2.05) is 13.1 Å². The van der Waals surface area contributed by atoms with Crippen LogP contribution in [0.4, 0.5) is 5.82 Å². The summed E-state index contributed by atoms with van der Waals surface area (Å²) in [6, 6.07) is 10.4. The van der Waals surface area contributed by atoms with Crippen LogP contribution in [-0.4, -0.2) is 23.5 Å². The van der Waals surface area contributed by atoms with Gasteiger partial charge in [0, 0.05) is 18.0 Å². The molecule has 0 bridgehead atoms. The first-order chi connectivity index (χ1) is 7.33. The molecule has 0 fully saturated rings. The highest BCUT2D eigenvalue weighted by atomic mass is 32.2. The van der Waals surface area contributed by atoms with Gasteiger partial charge in [0.05, 0.1) is 5.69 Å². The molecule has 0 spiro atoms. The Kier molecular flexibility index (Phi) is 2.97. The maximum absolute atomic E-state index is 4.11. The zero-order chi connectivity index (χ0) is 10.7. The summed E-state index contributed by atoms with van der Waals surface area (Å²) in [5.74, 6) is 0.860. The lowest BCUT2D eigenvalue weighted by Crippen LogP contribution is -1.85. The summed E-state index contributed by atoms with van der Waals surface area (Å²) < 4.78 is 0. The summed E-state index contributed by atoms with van der Waals surface area (Å²) in [6.45, 7) is 0. The van der Waals surface area contributed by atoms with Gasteiger partial charge in [0.15, 0.2) is 0 Å². The van der Waals surface area contributed by atoms with Crippen LogP contribution in [0.5, 0.6) is 0 Å². The minimum Gasteiger partial charge on any atom is -0.372 e.